The number of nitrogens with one attached hydrogen (secondary N) is 2. The summed E-state index contributed by atoms with van der Waals surface area (Å²) in [5.41, 5.74) is 6.57. The molecule has 1 amide bonds. The van der Waals surface area contributed by atoms with Crippen molar-refractivity contribution in [2.24, 2.45) is 10.9 Å². The maximum Gasteiger partial charge on any atom is 0.327 e. The molecule has 0 spiro atoms. The van der Waals surface area contributed by atoms with Crippen LogP contribution in [0.3, 0.4) is 0 Å². The Morgan fingerprint density at radius 3 is 2.09 bits per heavy atom. The Kier molecular flexibility index (Phi) is 9.78. The predicted molar refractivity (Wildman–Crippen MR) is 167 cm³/mol. The van der Waals surface area contributed by atoms with E-state index in [1.165, 1.54) is 12.1 Å². The average molecular weight is 697 g/mol. The monoisotopic (exact) mass is 696 g/mol. The molecule has 246 valence electrons. The molecule has 0 aliphatic rings. The molecule has 0 atom stereocenters. The number of benzene rings is 3. The number of phenols is 2. The van der Waals surface area contributed by atoms with E-state index in [0.717, 1.165) is 23.1 Å². The Labute approximate surface area is 261 Å². The number of aromatic amines is 1. The molecule has 0 aliphatic carbocycles. The maximum absolute atomic E-state index is 13.4. The summed E-state index contributed by atoms with van der Waals surface area (Å²) in [6.45, 7) is -1.06. The summed E-state index contributed by atoms with van der Waals surface area (Å²) in [4.78, 5) is 58.6. The highest BCUT2D eigenvalue weighted by Crippen LogP contribution is 2.43. The number of amides is 1. The smallest absolute Gasteiger partial charge is 0.327 e. The van der Waals surface area contributed by atoms with Crippen LogP contribution in [0.25, 0.3) is 33.5 Å². The summed E-state index contributed by atoms with van der Waals surface area (Å²) in [7, 11) is -13.5. The van der Waals surface area contributed by atoms with E-state index >= 15 is 0 Å². The number of nitrogens with two attached hydrogens (primary N) is 2. The van der Waals surface area contributed by atoms with E-state index in [2.05, 4.69) is 9.97 Å². The first kappa shape index (κ1) is 34.7. The Morgan fingerprint density at radius 2 is 1.52 bits per heavy atom. The van der Waals surface area contributed by atoms with Gasteiger partial charge in [0.1, 0.15) is 23.2 Å². The van der Waals surface area contributed by atoms with Gasteiger partial charge in [0.2, 0.25) is 15.9 Å². The van der Waals surface area contributed by atoms with Crippen molar-refractivity contribution < 1.29 is 52.1 Å². The molecule has 46 heavy (non-hydrogen) atoms. The van der Waals surface area contributed by atoms with E-state index in [0.29, 0.717) is 16.6 Å². The molecule has 12 N–H and O–H groups in total. The van der Waals surface area contributed by atoms with Crippen LogP contribution in [0.4, 0.5) is 0 Å². The lowest BCUT2D eigenvalue weighted by molar-refractivity contribution is -0.130. The van der Waals surface area contributed by atoms with Crippen molar-refractivity contribution in [3.63, 3.8) is 0 Å². The Hall–Kier alpha value is -4.12. The number of carbonyl (C=O) groups is 1. The molecule has 17 nitrogen and oxygen atoms in total. The molecule has 1 aromatic heterocycles. The molecule has 0 saturated heterocycles. The number of hydrogen-bond donors (Lipinski definition) is 10. The van der Waals surface area contributed by atoms with Crippen molar-refractivity contribution in [2.75, 3.05) is 25.4 Å². The Morgan fingerprint density at radius 1 is 0.913 bits per heavy atom. The lowest BCUT2D eigenvalue weighted by Crippen LogP contribution is -2.36. The summed E-state index contributed by atoms with van der Waals surface area (Å²) in [6, 6.07) is 10.4. The third-order valence-corrected chi connectivity index (χ3v) is 9.31. The van der Waals surface area contributed by atoms with Gasteiger partial charge in [-0.2, -0.15) is 0 Å². The van der Waals surface area contributed by atoms with Crippen molar-refractivity contribution >= 4 is 48.0 Å². The predicted octanol–water partition coefficient (Wildman–Crippen LogP) is 0.966. The second-order valence-electron chi connectivity index (χ2n) is 10.3. The van der Waals surface area contributed by atoms with E-state index in [1.807, 2.05) is 0 Å². The van der Waals surface area contributed by atoms with Gasteiger partial charge in [-0.25, -0.2) is 18.5 Å². The number of sulfonamides is 1. The highest BCUT2D eigenvalue weighted by atomic mass is 32.2. The lowest BCUT2D eigenvalue weighted by Gasteiger charge is -2.23. The number of hydrogen-bond acceptors (Lipinski definition) is 9. The summed E-state index contributed by atoms with van der Waals surface area (Å²) in [5.74, 6) is -1.90. The zero-order chi connectivity index (χ0) is 34.2. The first-order chi connectivity index (χ1) is 21.2. The van der Waals surface area contributed by atoms with Crippen molar-refractivity contribution in [1.82, 2.24) is 14.9 Å². The van der Waals surface area contributed by atoms with Crippen LogP contribution in [0.1, 0.15) is 11.1 Å². The number of phenolic OH excluding ortho intramolecular Hbond substituents is 2. The van der Waals surface area contributed by atoms with Gasteiger partial charge in [-0.05, 0) is 54.1 Å². The minimum Gasteiger partial charge on any atom is -0.507 e. The average Bonchev–Trinajstić information content (AvgIpc) is 3.35. The van der Waals surface area contributed by atoms with Crippen LogP contribution in [0, 0.1) is 5.41 Å². The van der Waals surface area contributed by atoms with Crippen LogP contribution in [-0.4, -0.2) is 90.2 Å². The molecule has 20 heteroatoms. The van der Waals surface area contributed by atoms with Crippen LogP contribution in [0.15, 0.2) is 53.4 Å². The van der Waals surface area contributed by atoms with Gasteiger partial charge in [-0.3, -0.25) is 19.3 Å². The Balaban J connectivity index is 1.87. The fourth-order valence-corrected chi connectivity index (χ4v) is 6.09. The quantitative estimate of drug-likeness (QED) is 0.0561. The van der Waals surface area contributed by atoms with E-state index in [4.69, 9.17) is 16.3 Å². The van der Waals surface area contributed by atoms with Crippen molar-refractivity contribution in [1.29, 1.82) is 5.41 Å². The van der Waals surface area contributed by atoms with Crippen LogP contribution in [0.5, 0.6) is 11.5 Å². The number of primary sulfonamides is 1. The van der Waals surface area contributed by atoms with Gasteiger partial charge >= 0.3 is 15.2 Å². The SMILES string of the molecule is N=C(N)c1ccc2nc(-c3cc(CC(=O)N(CCP(=O)(O)O)CCP(=O)(O)O)cc(-c4cc(S(N)(=O)=O)ccc4O)c3O)[nH]c2c1. The highest BCUT2D eigenvalue weighted by Gasteiger charge is 2.25. The van der Waals surface area contributed by atoms with Gasteiger partial charge < -0.3 is 45.4 Å². The Bertz CT molecular complexity index is 2030. The number of amidine groups is 1. The van der Waals surface area contributed by atoms with Gasteiger partial charge in [0, 0.05) is 29.8 Å². The number of nitrogen functional groups attached to an aromatic ring is 1. The lowest BCUT2D eigenvalue weighted by atomic mass is 9.95. The molecule has 0 unspecified atom stereocenters. The molecule has 3 aromatic carbocycles. The molecular weight excluding hydrogens is 666 g/mol. The van der Waals surface area contributed by atoms with Crippen molar-refractivity contribution in [3.05, 3.63) is 59.7 Å². The second kappa shape index (κ2) is 12.9. The number of imidazole rings is 1. The summed E-state index contributed by atoms with van der Waals surface area (Å²) in [5, 5.41) is 35.0. The van der Waals surface area contributed by atoms with Crippen LogP contribution >= 0.6 is 15.2 Å². The number of nitrogens with zero attached hydrogens (tertiary/aromatic N) is 2. The first-order valence-corrected chi connectivity index (χ1v) is 18.3. The van der Waals surface area contributed by atoms with Crippen molar-refractivity contribution in [2.45, 2.75) is 11.3 Å². The standard InChI is InChI=1S/C26H30N6O11P2S/c27-25(28)15-1-3-20-21(12-15)31-26(30-20)19-10-14(11-23(34)32(5-7-44(36,37)38)6-8-45(39,40)41)9-18(24(19)35)17-13-16(46(29,42)43)2-4-22(17)33/h1-4,9-10,12-13,33,35H,5-8,11H2,(H3,27,28)(H,30,31)(H2,29,42,43)(H2,36,37,38)(H2,39,40,41). The topological polar surface area (TPSA) is 315 Å². The first-order valence-electron chi connectivity index (χ1n) is 13.2. The summed E-state index contributed by atoms with van der Waals surface area (Å²) in [6.07, 6.45) is -2.07. The molecule has 0 aliphatic heterocycles. The highest BCUT2D eigenvalue weighted by molar-refractivity contribution is 7.89. The fraction of sp³-hybridized carbons (Fsp3) is 0.192. The molecule has 0 radical (unpaired) electrons. The van der Waals surface area contributed by atoms with E-state index in [-0.39, 0.29) is 33.9 Å². The van der Waals surface area contributed by atoms with Gasteiger partial charge in [-0.1, -0.05) is 0 Å². The van der Waals surface area contributed by atoms with Crippen LogP contribution in [0.2, 0.25) is 0 Å². The molecule has 0 saturated carbocycles. The molecule has 4 rings (SSSR count). The van der Waals surface area contributed by atoms with Gasteiger partial charge in [0.15, 0.2) is 0 Å². The van der Waals surface area contributed by atoms with Crippen LogP contribution in [-0.2, 0) is 30.4 Å². The molecule has 0 bridgehead atoms. The minimum absolute atomic E-state index is 0.0155. The third kappa shape index (κ3) is 8.57. The number of fused-ring (bicyclic) bond motifs is 1. The summed E-state index contributed by atoms with van der Waals surface area (Å²) < 4.78 is 47.1. The number of aromatic nitrogens is 2. The number of H-pyrrole nitrogens is 1. The fourth-order valence-electron chi connectivity index (χ4n) is 4.54. The van der Waals surface area contributed by atoms with E-state index in [9.17, 15) is 52.1 Å². The molecular formula is C26H30N6O11P2S. The third-order valence-electron chi connectivity index (χ3n) is 6.83. The van der Waals surface area contributed by atoms with E-state index < -0.39 is 79.4 Å². The maximum atomic E-state index is 13.4. The minimum atomic E-state index is -4.60. The van der Waals surface area contributed by atoms with Gasteiger partial charge in [0.25, 0.3) is 0 Å². The van der Waals surface area contributed by atoms with Crippen molar-refractivity contribution in [3.8, 4) is 34.0 Å². The summed E-state index contributed by atoms with van der Waals surface area (Å²) >= 11 is 0. The zero-order valence-electron chi connectivity index (χ0n) is 23.7. The second-order valence-corrected chi connectivity index (χ2v) is 15.4. The number of rotatable bonds is 12. The normalized spacial score (nSPS) is 12.4. The number of carbonyl (C=O) groups excluding carboxylic acids is 1. The molecule has 4 aromatic rings. The largest absolute Gasteiger partial charge is 0.507 e. The molecule has 0 fully saturated rings. The van der Waals surface area contributed by atoms with Gasteiger partial charge in [0.05, 0.1) is 40.2 Å². The van der Waals surface area contributed by atoms with Gasteiger partial charge in [-0.15, -0.1) is 0 Å². The number of aromatic hydroxyl groups is 2. The van der Waals surface area contributed by atoms with Crippen LogP contribution < -0.4 is 10.9 Å². The zero-order valence-corrected chi connectivity index (χ0v) is 26.3. The van der Waals surface area contributed by atoms with E-state index in [1.54, 1.807) is 18.2 Å². The molecule has 1 heterocycles.